The van der Waals surface area contributed by atoms with E-state index in [0.717, 1.165) is 67.4 Å². The number of aromatic nitrogens is 3. The Bertz CT molecular complexity index is 1160. The Kier molecular flexibility index (Phi) is 5.23. The average molecular weight is 408 g/mol. The lowest BCUT2D eigenvalue weighted by Crippen LogP contribution is -2.34. The molecule has 4 aromatic rings. The zero-order valence-electron chi connectivity index (χ0n) is 16.8. The minimum absolute atomic E-state index is 0.0248. The van der Waals surface area contributed by atoms with E-state index < -0.39 is 0 Å². The molecule has 3 heterocycles. The molecule has 1 aliphatic heterocycles. The van der Waals surface area contributed by atoms with Crippen molar-refractivity contribution in [3.8, 4) is 0 Å². The van der Waals surface area contributed by atoms with Crippen LogP contribution in [0, 0.1) is 5.82 Å². The van der Waals surface area contributed by atoms with Gasteiger partial charge in [-0.25, -0.2) is 9.07 Å². The van der Waals surface area contributed by atoms with Crippen LogP contribution in [0.4, 0.5) is 4.39 Å². The number of hydrogen-bond acceptors (Lipinski definition) is 5. The normalized spacial score (nSPS) is 16.1. The fourth-order valence-electron chi connectivity index (χ4n) is 4.52. The molecular formula is C23H25FN4O2. The zero-order chi connectivity index (χ0) is 20.5. The van der Waals surface area contributed by atoms with Crippen molar-refractivity contribution < 1.29 is 13.9 Å². The fraction of sp³-hybridized carbons (Fsp3) is 0.391. The van der Waals surface area contributed by atoms with E-state index in [1.54, 1.807) is 6.26 Å². The summed E-state index contributed by atoms with van der Waals surface area (Å²) in [5.41, 5.74) is 4.56. The summed E-state index contributed by atoms with van der Waals surface area (Å²) in [6.07, 6.45) is 4.97. The SMILES string of the molecule is OCc1ccc2nnn(CCCN3CCC(c4coc5cc(F)ccc45)CC3)c2c1. The van der Waals surface area contributed by atoms with Gasteiger partial charge in [-0.1, -0.05) is 11.3 Å². The monoisotopic (exact) mass is 408 g/mol. The minimum Gasteiger partial charge on any atom is -0.464 e. The maximum Gasteiger partial charge on any atom is 0.137 e. The Morgan fingerprint density at radius 1 is 1.10 bits per heavy atom. The molecule has 5 rings (SSSR count). The number of aliphatic hydroxyl groups excluding tert-OH is 1. The Morgan fingerprint density at radius 3 is 2.80 bits per heavy atom. The van der Waals surface area contributed by atoms with Gasteiger partial charge in [0.25, 0.3) is 0 Å². The van der Waals surface area contributed by atoms with Gasteiger partial charge in [-0.15, -0.1) is 5.10 Å². The van der Waals surface area contributed by atoms with Gasteiger partial charge in [0.1, 0.15) is 16.9 Å². The number of aliphatic hydroxyl groups is 1. The Balaban J connectivity index is 1.16. The fourth-order valence-corrected chi connectivity index (χ4v) is 4.52. The summed E-state index contributed by atoms with van der Waals surface area (Å²) < 4.78 is 20.9. The average Bonchev–Trinajstić information content (AvgIpc) is 3.37. The number of fused-ring (bicyclic) bond motifs is 2. The van der Waals surface area contributed by atoms with Crippen LogP contribution in [0.25, 0.3) is 22.0 Å². The van der Waals surface area contributed by atoms with Crippen LogP contribution >= 0.6 is 0 Å². The molecule has 0 radical (unpaired) electrons. The Labute approximate surface area is 173 Å². The molecule has 6 nitrogen and oxygen atoms in total. The standard InChI is InChI=1S/C23H25FN4O2/c24-18-3-4-19-20(15-30-23(19)13-18)17-6-10-27(11-7-17)8-1-9-28-22-12-16(14-29)2-5-21(22)25-26-28/h2-5,12-13,15,17,29H,1,6-11,14H2. The lowest BCUT2D eigenvalue weighted by molar-refractivity contribution is 0.206. The molecule has 1 aliphatic rings. The number of aryl methyl sites for hydroxylation is 1. The number of piperidine rings is 1. The Morgan fingerprint density at radius 2 is 1.97 bits per heavy atom. The van der Waals surface area contributed by atoms with Crippen LogP contribution in [-0.2, 0) is 13.2 Å². The number of rotatable bonds is 6. The second kappa shape index (κ2) is 8.16. The van der Waals surface area contributed by atoms with Crippen molar-refractivity contribution in [1.29, 1.82) is 0 Å². The summed E-state index contributed by atoms with van der Waals surface area (Å²) in [6.45, 7) is 3.95. The predicted octanol–water partition coefficient (Wildman–Crippen LogP) is 4.08. The van der Waals surface area contributed by atoms with Crippen molar-refractivity contribution >= 4 is 22.0 Å². The molecule has 0 bridgehead atoms. The summed E-state index contributed by atoms with van der Waals surface area (Å²) in [6, 6.07) is 10.6. The van der Waals surface area contributed by atoms with E-state index in [1.165, 1.54) is 17.7 Å². The van der Waals surface area contributed by atoms with Crippen LogP contribution in [0.2, 0.25) is 0 Å². The third-order valence-electron chi connectivity index (χ3n) is 6.20. The van der Waals surface area contributed by atoms with Crippen LogP contribution in [0.1, 0.15) is 36.3 Å². The van der Waals surface area contributed by atoms with Gasteiger partial charge in [0.05, 0.1) is 18.4 Å². The molecule has 0 saturated carbocycles. The molecule has 2 aromatic heterocycles. The van der Waals surface area contributed by atoms with Crippen LogP contribution in [0.3, 0.4) is 0 Å². The summed E-state index contributed by atoms with van der Waals surface area (Å²) in [4.78, 5) is 2.50. The number of nitrogens with zero attached hydrogens (tertiary/aromatic N) is 4. The first kappa shape index (κ1) is 19.2. The van der Waals surface area contributed by atoms with Gasteiger partial charge in [-0.2, -0.15) is 0 Å². The second-order valence-electron chi connectivity index (χ2n) is 8.09. The maximum absolute atomic E-state index is 13.4. The van der Waals surface area contributed by atoms with Crippen LogP contribution < -0.4 is 0 Å². The minimum atomic E-state index is -0.258. The van der Waals surface area contributed by atoms with E-state index in [2.05, 4.69) is 15.2 Å². The molecule has 1 fully saturated rings. The number of likely N-dealkylation sites (tertiary alicyclic amines) is 1. The van der Waals surface area contributed by atoms with Crippen LogP contribution in [0.5, 0.6) is 0 Å². The van der Waals surface area contributed by atoms with Gasteiger partial charge in [0, 0.05) is 23.6 Å². The third-order valence-corrected chi connectivity index (χ3v) is 6.20. The molecule has 7 heteroatoms. The Hall–Kier alpha value is -2.77. The number of halogens is 1. The molecule has 0 spiro atoms. The van der Waals surface area contributed by atoms with E-state index in [0.29, 0.717) is 11.5 Å². The van der Waals surface area contributed by atoms with Gasteiger partial charge in [-0.3, -0.25) is 0 Å². The van der Waals surface area contributed by atoms with Gasteiger partial charge in [-0.05, 0) is 74.6 Å². The van der Waals surface area contributed by atoms with E-state index in [4.69, 9.17) is 4.42 Å². The maximum atomic E-state index is 13.4. The first-order chi connectivity index (χ1) is 14.7. The van der Waals surface area contributed by atoms with Crippen molar-refractivity contribution in [2.75, 3.05) is 19.6 Å². The summed E-state index contributed by atoms with van der Waals surface area (Å²) in [7, 11) is 0. The molecular weight excluding hydrogens is 383 g/mol. The highest BCUT2D eigenvalue weighted by molar-refractivity contribution is 5.81. The molecule has 1 N–H and O–H groups in total. The first-order valence-electron chi connectivity index (χ1n) is 10.5. The number of hydrogen-bond donors (Lipinski definition) is 1. The van der Waals surface area contributed by atoms with Gasteiger partial charge in [0.2, 0.25) is 0 Å². The van der Waals surface area contributed by atoms with Crippen LogP contribution in [0.15, 0.2) is 47.1 Å². The van der Waals surface area contributed by atoms with Gasteiger partial charge < -0.3 is 14.4 Å². The van der Waals surface area contributed by atoms with Gasteiger partial charge in [0.15, 0.2) is 0 Å². The lowest BCUT2D eigenvalue weighted by atomic mass is 9.89. The largest absolute Gasteiger partial charge is 0.464 e. The number of benzene rings is 2. The topological polar surface area (TPSA) is 67.3 Å². The lowest BCUT2D eigenvalue weighted by Gasteiger charge is -2.31. The van der Waals surface area contributed by atoms with E-state index in [9.17, 15) is 9.50 Å². The zero-order valence-corrected chi connectivity index (χ0v) is 16.8. The smallest absolute Gasteiger partial charge is 0.137 e. The number of furan rings is 1. The third kappa shape index (κ3) is 3.70. The highest BCUT2D eigenvalue weighted by Gasteiger charge is 2.23. The van der Waals surface area contributed by atoms with Crippen molar-refractivity contribution in [2.45, 2.75) is 38.3 Å². The second-order valence-corrected chi connectivity index (χ2v) is 8.09. The van der Waals surface area contributed by atoms with E-state index in [-0.39, 0.29) is 12.4 Å². The quantitative estimate of drug-likeness (QED) is 0.521. The van der Waals surface area contributed by atoms with Crippen molar-refractivity contribution in [1.82, 2.24) is 19.9 Å². The molecule has 156 valence electrons. The molecule has 1 saturated heterocycles. The van der Waals surface area contributed by atoms with Crippen molar-refractivity contribution in [2.24, 2.45) is 0 Å². The van der Waals surface area contributed by atoms with Crippen molar-refractivity contribution in [3.63, 3.8) is 0 Å². The molecule has 0 unspecified atom stereocenters. The molecule has 0 amide bonds. The molecule has 30 heavy (non-hydrogen) atoms. The summed E-state index contributed by atoms with van der Waals surface area (Å²) in [5, 5.41) is 18.9. The predicted molar refractivity (Wildman–Crippen MR) is 113 cm³/mol. The van der Waals surface area contributed by atoms with E-state index in [1.807, 2.05) is 28.9 Å². The van der Waals surface area contributed by atoms with E-state index >= 15 is 0 Å². The molecule has 0 atom stereocenters. The molecule has 2 aromatic carbocycles. The first-order valence-corrected chi connectivity index (χ1v) is 10.5. The van der Waals surface area contributed by atoms with Crippen molar-refractivity contribution in [3.05, 3.63) is 59.6 Å². The summed E-state index contributed by atoms with van der Waals surface area (Å²) in [5.74, 6) is 0.204. The summed E-state index contributed by atoms with van der Waals surface area (Å²) >= 11 is 0. The highest BCUT2D eigenvalue weighted by Crippen LogP contribution is 2.34. The van der Waals surface area contributed by atoms with Gasteiger partial charge >= 0.3 is 0 Å². The molecule has 0 aliphatic carbocycles. The highest BCUT2D eigenvalue weighted by atomic mass is 19.1. The van der Waals surface area contributed by atoms with Crippen LogP contribution in [-0.4, -0.2) is 44.6 Å².